The molecular weight excluding hydrogens is 438 g/mol. The van der Waals surface area contributed by atoms with E-state index >= 15 is 0 Å². The van der Waals surface area contributed by atoms with E-state index in [1.54, 1.807) is 6.92 Å². The number of nitrogens with zero attached hydrogens (tertiary/aromatic N) is 2. The van der Waals surface area contributed by atoms with Crippen molar-refractivity contribution in [2.75, 3.05) is 31.2 Å². The smallest absolute Gasteiger partial charge is 0.256 e. The molecule has 1 amide bonds. The number of ether oxygens (including phenoxy) is 1. The van der Waals surface area contributed by atoms with Crippen LogP contribution >= 0.6 is 0 Å². The predicted molar refractivity (Wildman–Crippen MR) is 143 cm³/mol. The van der Waals surface area contributed by atoms with Gasteiger partial charge in [-0.05, 0) is 51.2 Å². The minimum absolute atomic E-state index is 0.174. The quantitative estimate of drug-likeness (QED) is 0.369. The zero-order valence-electron chi connectivity index (χ0n) is 21.7. The number of fused-ring (bicyclic) bond motifs is 1. The van der Waals surface area contributed by atoms with Gasteiger partial charge in [0.15, 0.2) is 0 Å². The highest BCUT2D eigenvalue weighted by Gasteiger charge is 2.33. The summed E-state index contributed by atoms with van der Waals surface area (Å²) < 4.78 is 6.06. The molecular formula is C28H43N5O2. The number of benzene rings is 1. The number of rotatable bonds is 9. The van der Waals surface area contributed by atoms with Crippen molar-refractivity contribution in [2.24, 2.45) is 11.7 Å². The van der Waals surface area contributed by atoms with Crippen molar-refractivity contribution in [3.05, 3.63) is 35.4 Å². The lowest BCUT2D eigenvalue weighted by Crippen LogP contribution is -2.54. The fourth-order valence-electron chi connectivity index (χ4n) is 5.59. The van der Waals surface area contributed by atoms with Gasteiger partial charge >= 0.3 is 0 Å². The first-order valence-corrected chi connectivity index (χ1v) is 13.5. The van der Waals surface area contributed by atoms with E-state index < -0.39 is 6.17 Å². The first-order chi connectivity index (χ1) is 17.0. The molecule has 1 saturated heterocycles. The molecule has 2 aromatic rings. The number of pyridine rings is 1. The highest BCUT2D eigenvalue weighted by Crippen LogP contribution is 2.30. The molecule has 1 saturated carbocycles. The van der Waals surface area contributed by atoms with E-state index in [-0.39, 0.29) is 5.91 Å². The Kier molecular flexibility index (Phi) is 8.98. The Labute approximate surface area is 210 Å². The Morgan fingerprint density at radius 3 is 2.80 bits per heavy atom. The van der Waals surface area contributed by atoms with Crippen LogP contribution in [0.1, 0.15) is 74.7 Å². The van der Waals surface area contributed by atoms with Gasteiger partial charge in [0.25, 0.3) is 5.91 Å². The maximum atomic E-state index is 13.2. The topological polar surface area (TPSA) is 92.5 Å². The second-order valence-electron chi connectivity index (χ2n) is 10.4. The first-order valence-electron chi connectivity index (χ1n) is 13.5. The van der Waals surface area contributed by atoms with Crippen LogP contribution in [-0.4, -0.2) is 55.4 Å². The zero-order chi connectivity index (χ0) is 24.8. The molecule has 2 fully saturated rings. The van der Waals surface area contributed by atoms with Gasteiger partial charge in [0, 0.05) is 43.1 Å². The number of para-hydroxylation sites is 1. The average Bonchev–Trinajstić information content (AvgIpc) is 2.85. The SMILES string of the molecule is CCCOCC1CN(c2nc3c(C)cccc3cc2C(=O)NC(C)N)CCC1NC1CCCCC1. The number of nitrogens with one attached hydrogen (secondary N) is 2. The molecule has 0 spiro atoms. The van der Waals surface area contributed by atoms with Gasteiger partial charge in [-0.1, -0.05) is 44.4 Å². The summed E-state index contributed by atoms with van der Waals surface area (Å²) in [6, 6.07) is 9.11. The summed E-state index contributed by atoms with van der Waals surface area (Å²) in [5.74, 6) is 0.921. The molecule has 2 heterocycles. The fraction of sp³-hybridized carbons (Fsp3) is 0.643. The highest BCUT2D eigenvalue weighted by molar-refractivity contribution is 6.03. The Balaban J connectivity index is 1.61. The van der Waals surface area contributed by atoms with Gasteiger partial charge in [-0.15, -0.1) is 0 Å². The number of aromatic nitrogens is 1. The van der Waals surface area contributed by atoms with Gasteiger partial charge in [0.05, 0.1) is 23.9 Å². The number of anilines is 1. The average molecular weight is 482 g/mol. The van der Waals surface area contributed by atoms with E-state index in [0.29, 0.717) is 23.6 Å². The molecule has 4 rings (SSSR count). The van der Waals surface area contributed by atoms with Crippen molar-refractivity contribution in [1.82, 2.24) is 15.6 Å². The van der Waals surface area contributed by atoms with Crippen LogP contribution in [0.2, 0.25) is 0 Å². The molecule has 0 radical (unpaired) electrons. The van der Waals surface area contributed by atoms with Crippen molar-refractivity contribution < 1.29 is 9.53 Å². The van der Waals surface area contributed by atoms with Crippen molar-refractivity contribution in [3.8, 4) is 0 Å². The molecule has 2 aliphatic rings. The third-order valence-electron chi connectivity index (χ3n) is 7.40. The van der Waals surface area contributed by atoms with Crippen LogP contribution in [0.25, 0.3) is 10.9 Å². The number of hydrogen-bond acceptors (Lipinski definition) is 6. The summed E-state index contributed by atoms with van der Waals surface area (Å²) >= 11 is 0. The molecule has 4 N–H and O–H groups in total. The third kappa shape index (κ3) is 6.51. The van der Waals surface area contributed by atoms with Crippen LogP contribution in [0.4, 0.5) is 5.82 Å². The second kappa shape index (κ2) is 12.2. The molecule has 0 bridgehead atoms. The lowest BCUT2D eigenvalue weighted by atomic mass is 9.88. The van der Waals surface area contributed by atoms with E-state index in [2.05, 4.69) is 35.4 Å². The molecule has 7 heteroatoms. The van der Waals surface area contributed by atoms with Crippen molar-refractivity contribution in [1.29, 1.82) is 0 Å². The third-order valence-corrected chi connectivity index (χ3v) is 7.40. The van der Waals surface area contributed by atoms with E-state index in [9.17, 15) is 4.79 Å². The lowest BCUT2D eigenvalue weighted by Gasteiger charge is -2.42. The summed E-state index contributed by atoms with van der Waals surface area (Å²) in [6.07, 6.45) is 8.16. The number of piperidine rings is 1. The van der Waals surface area contributed by atoms with Crippen LogP contribution in [0, 0.1) is 12.8 Å². The summed E-state index contributed by atoms with van der Waals surface area (Å²) in [6.45, 7) is 9.18. The second-order valence-corrected chi connectivity index (χ2v) is 10.4. The van der Waals surface area contributed by atoms with Gasteiger partial charge in [-0.2, -0.15) is 0 Å². The molecule has 1 aromatic carbocycles. The molecule has 1 aliphatic heterocycles. The molecule has 7 nitrogen and oxygen atoms in total. The van der Waals surface area contributed by atoms with E-state index in [4.69, 9.17) is 15.5 Å². The van der Waals surface area contributed by atoms with Crippen LogP contribution in [0.3, 0.4) is 0 Å². The summed E-state index contributed by atoms with van der Waals surface area (Å²) in [5.41, 5.74) is 8.55. The van der Waals surface area contributed by atoms with Crippen molar-refractivity contribution in [3.63, 3.8) is 0 Å². The van der Waals surface area contributed by atoms with Gasteiger partial charge in [-0.25, -0.2) is 4.98 Å². The van der Waals surface area contributed by atoms with Crippen LogP contribution < -0.4 is 21.3 Å². The number of nitrogens with two attached hydrogens (primary N) is 1. The van der Waals surface area contributed by atoms with Crippen LogP contribution in [0.15, 0.2) is 24.3 Å². The number of carbonyl (C=O) groups is 1. The molecule has 1 aromatic heterocycles. The van der Waals surface area contributed by atoms with E-state index in [1.807, 2.05) is 18.2 Å². The van der Waals surface area contributed by atoms with Crippen molar-refractivity contribution in [2.45, 2.75) is 84.0 Å². The Bertz CT molecular complexity index is 989. The maximum Gasteiger partial charge on any atom is 0.256 e. The number of aryl methyl sites for hydroxylation is 1. The lowest BCUT2D eigenvalue weighted by molar-refractivity contribution is 0.0760. The zero-order valence-corrected chi connectivity index (χ0v) is 21.7. The molecule has 192 valence electrons. The van der Waals surface area contributed by atoms with E-state index in [1.165, 1.54) is 32.1 Å². The number of carbonyl (C=O) groups excluding carboxylic acids is 1. The van der Waals surface area contributed by atoms with E-state index in [0.717, 1.165) is 61.4 Å². The summed E-state index contributed by atoms with van der Waals surface area (Å²) in [5, 5.41) is 7.83. The molecule has 35 heavy (non-hydrogen) atoms. The Morgan fingerprint density at radius 2 is 2.06 bits per heavy atom. The van der Waals surface area contributed by atoms with Crippen molar-refractivity contribution >= 4 is 22.6 Å². The summed E-state index contributed by atoms with van der Waals surface area (Å²) in [7, 11) is 0. The minimum Gasteiger partial charge on any atom is -0.381 e. The maximum absolute atomic E-state index is 13.2. The van der Waals surface area contributed by atoms with Crippen LogP contribution in [-0.2, 0) is 4.74 Å². The Morgan fingerprint density at radius 1 is 1.26 bits per heavy atom. The normalized spacial score (nSPS) is 22.3. The van der Waals surface area contributed by atoms with Gasteiger partial charge in [0.1, 0.15) is 5.82 Å². The molecule has 1 aliphatic carbocycles. The number of hydrogen-bond donors (Lipinski definition) is 3. The fourth-order valence-corrected chi connectivity index (χ4v) is 5.59. The van der Waals surface area contributed by atoms with Crippen LogP contribution in [0.5, 0.6) is 0 Å². The Hall–Kier alpha value is -2.22. The summed E-state index contributed by atoms with van der Waals surface area (Å²) in [4.78, 5) is 20.5. The largest absolute Gasteiger partial charge is 0.381 e. The number of amides is 1. The monoisotopic (exact) mass is 481 g/mol. The standard InChI is InChI=1S/C28H43N5O2/c1-4-15-35-18-22-17-33(14-13-25(22)31-23-11-6-5-7-12-23)27-24(28(34)30-20(3)29)16-21-10-8-9-19(2)26(21)32-27/h8-10,16,20,22-23,25,31H,4-7,11-15,17-18,29H2,1-3H3,(H,30,34). The van der Waals surface area contributed by atoms with Gasteiger partial charge < -0.3 is 26.0 Å². The molecule has 3 atom stereocenters. The minimum atomic E-state index is -0.427. The predicted octanol–water partition coefficient (Wildman–Crippen LogP) is 4.12. The molecule has 3 unspecified atom stereocenters. The first kappa shape index (κ1) is 25.9. The highest BCUT2D eigenvalue weighted by atomic mass is 16.5. The van der Waals surface area contributed by atoms with Gasteiger partial charge in [0.2, 0.25) is 0 Å². The van der Waals surface area contributed by atoms with Gasteiger partial charge in [-0.3, -0.25) is 4.79 Å².